The van der Waals surface area contributed by atoms with Gasteiger partial charge in [0.15, 0.2) is 10.2 Å². The van der Waals surface area contributed by atoms with E-state index in [0.717, 1.165) is 10.8 Å². The number of aromatic nitrogens is 1. The largest absolute Gasteiger partial charge is 0.332 e. The molecule has 17 heavy (non-hydrogen) atoms. The monoisotopic (exact) mass is 303 g/mol. The second-order valence-corrected chi connectivity index (χ2v) is 5.16. The van der Waals surface area contributed by atoms with Gasteiger partial charge in [-0.15, -0.1) is 11.3 Å². The van der Waals surface area contributed by atoms with Gasteiger partial charge in [0, 0.05) is 17.3 Å². The molecule has 0 unspecified atom stereocenters. The van der Waals surface area contributed by atoms with Crippen LogP contribution in [0.3, 0.4) is 0 Å². The lowest BCUT2D eigenvalue weighted by Gasteiger charge is -2.08. The first-order valence-electron chi connectivity index (χ1n) is 4.58. The molecule has 0 saturated carbocycles. The van der Waals surface area contributed by atoms with Crippen LogP contribution in [0.2, 0.25) is 10.0 Å². The van der Waals surface area contributed by atoms with Gasteiger partial charge in [-0.05, 0) is 30.4 Å². The van der Waals surface area contributed by atoms with Crippen molar-refractivity contribution in [2.45, 2.75) is 0 Å². The smallest absolute Gasteiger partial charge is 0.188 e. The van der Waals surface area contributed by atoms with E-state index < -0.39 is 0 Å². The fraction of sp³-hybridized carbons (Fsp3) is 0. The topological polar surface area (TPSA) is 37.0 Å². The number of anilines is 2. The van der Waals surface area contributed by atoms with Gasteiger partial charge in [-0.3, -0.25) is 0 Å². The molecule has 0 atom stereocenters. The van der Waals surface area contributed by atoms with Crippen LogP contribution in [0.15, 0.2) is 29.8 Å². The van der Waals surface area contributed by atoms with Gasteiger partial charge in [-0.2, -0.15) is 0 Å². The summed E-state index contributed by atoms with van der Waals surface area (Å²) in [6.45, 7) is 0. The zero-order chi connectivity index (χ0) is 12.3. The average molecular weight is 304 g/mol. The summed E-state index contributed by atoms with van der Waals surface area (Å²) in [5.41, 5.74) is 0.772. The third kappa shape index (κ3) is 3.54. The van der Waals surface area contributed by atoms with Crippen molar-refractivity contribution in [3.05, 3.63) is 39.8 Å². The molecular formula is C10H7Cl2N3S2. The SMILES string of the molecule is S=C(Nc1ccc(Cl)c(Cl)c1)Nc1nccs1. The highest BCUT2D eigenvalue weighted by Gasteiger charge is 2.03. The first-order chi connectivity index (χ1) is 8.15. The second-order valence-electron chi connectivity index (χ2n) is 3.05. The molecule has 7 heteroatoms. The number of thiocarbonyl (C=S) groups is 1. The van der Waals surface area contributed by atoms with E-state index in [2.05, 4.69) is 15.6 Å². The molecule has 0 aliphatic rings. The Bertz CT molecular complexity index is 528. The second kappa shape index (κ2) is 5.64. The zero-order valence-electron chi connectivity index (χ0n) is 8.41. The Morgan fingerprint density at radius 2 is 2.06 bits per heavy atom. The summed E-state index contributed by atoms with van der Waals surface area (Å²) in [6, 6.07) is 5.21. The van der Waals surface area contributed by atoms with Crippen LogP contribution in [-0.4, -0.2) is 10.1 Å². The van der Waals surface area contributed by atoms with Crippen LogP contribution in [0, 0.1) is 0 Å². The quantitative estimate of drug-likeness (QED) is 0.813. The minimum atomic E-state index is 0.457. The Morgan fingerprint density at radius 1 is 1.24 bits per heavy atom. The van der Waals surface area contributed by atoms with Crippen molar-refractivity contribution in [3.8, 4) is 0 Å². The minimum absolute atomic E-state index is 0.457. The van der Waals surface area contributed by atoms with Crippen molar-refractivity contribution in [1.82, 2.24) is 4.98 Å². The number of hydrogen-bond donors (Lipinski definition) is 2. The Kier molecular flexibility index (Phi) is 4.17. The Labute approximate surface area is 118 Å². The van der Waals surface area contributed by atoms with E-state index in [9.17, 15) is 0 Å². The number of nitrogens with one attached hydrogen (secondary N) is 2. The van der Waals surface area contributed by atoms with Crippen LogP contribution in [-0.2, 0) is 0 Å². The molecule has 0 aliphatic carbocycles. The molecule has 3 nitrogen and oxygen atoms in total. The maximum Gasteiger partial charge on any atom is 0.188 e. The van der Waals surface area contributed by atoms with E-state index in [0.29, 0.717) is 15.2 Å². The summed E-state index contributed by atoms with van der Waals surface area (Å²) < 4.78 is 0. The van der Waals surface area contributed by atoms with Crippen molar-refractivity contribution < 1.29 is 0 Å². The number of thiazole rings is 1. The van der Waals surface area contributed by atoms with Crippen molar-refractivity contribution in [3.63, 3.8) is 0 Å². The van der Waals surface area contributed by atoms with Crippen LogP contribution in [0.25, 0.3) is 0 Å². The third-order valence-corrected chi connectivity index (χ3v) is 3.46. The highest BCUT2D eigenvalue weighted by molar-refractivity contribution is 7.80. The normalized spacial score (nSPS) is 10.0. The maximum absolute atomic E-state index is 5.89. The van der Waals surface area contributed by atoms with Gasteiger partial charge in [0.05, 0.1) is 10.0 Å². The molecule has 0 spiro atoms. The molecule has 0 fully saturated rings. The molecule has 1 aromatic carbocycles. The fourth-order valence-corrected chi connectivity index (χ4v) is 2.23. The molecule has 2 N–H and O–H groups in total. The van der Waals surface area contributed by atoms with E-state index >= 15 is 0 Å². The van der Waals surface area contributed by atoms with Crippen LogP contribution in [0.5, 0.6) is 0 Å². The molecule has 1 heterocycles. The summed E-state index contributed by atoms with van der Waals surface area (Å²) in [7, 11) is 0. The zero-order valence-corrected chi connectivity index (χ0v) is 11.6. The summed E-state index contributed by atoms with van der Waals surface area (Å²) >= 11 is 18.3. The molecule has 2 aromatic rings. The predicted molar refractivity (Wildman–Crippen MR) is 78.4 cm³/mol. The predicted octanol–water partition coefficient (Wildman–Crippen LogP) is 4.26. The molecule has 0 aliphatic heterocycles. The molecular weight excluding hydrogens is 297 g/mol. The Balaban J connectivity index is 2.00. The van der Waals surface area contributed by atoms with Gasteiger partial charge in [0.25, 0.3) is 0 Å². The number of hydrogen-bond acceptors (Lipinski definition) is 3. The first kappa shape index (κ1) is 12.6. The van der Waals surface area contributed by atoms with Gasteiger partial charge in [0.1, 0.15) is 0 Å². The van der Waals surface area contributed by atoms with Gasteiger partial charge < -0.3 is 10.6 Å². The number of benzene rings is 1. The lowest BCUT2D eigenvalue weighted by molar-refractivity contribution is 1.41. The van der Waals surface area contributed by atoms with E-state index in [1.165, 1.54) is 11.3 Å². The van der Waals surface area contributed by atoms with Gasteiger partial charge >= 0.3 is 0 Å². The number of nitrogens with zero attached hydrogens (tertiary/aromatic N) is 1. The van der Waals surface area contributed by atoms with Crippen LogP contribution in [0.4, 0.5) is 10.8 Å². The van der Waals surface area contributed by atoms with Gasteiger partial charge in [-0.1, -0.05) is 23.2 Å². The molecule has 1 aromatic heterocycles. The highest BCUT2D eigenvalue weighted by Crippen LogP contribution is 2.25. The summed E-state index contributed by atoms with van der Waals surface area (Å²) in [5, 5.41) is 10.00. The van der Waals surface area contributed by atoms with Crippen molar-refractivity contribution in [1.29, 1.82) is 0 Å². The van der Waals surface area contributed by atoms with Crippen molar-refractivity contribution >= 4 is 62.7 Å². The molecule has 2 rings (SSSR count). The van der Waals surface area contributed by atoms with Gasteiger partial charge in [-0.25, -0.2) is 4.98 Å². The van der Waals surface area contributed by atoms with Crippen molar-refractivity contribution in [2.75, 3.05) is 10.6 Å². The summed E-state index contributed by atoms with van der Waals surface area (Å²) in [5.74, 6) is 0. The number of halogens is 2. The highest BCUT2D eigenvalue weighted by atomic mass is 35.5. The molecule has 0 amide bonds. The fourth-order valence-electron chi connectivity index (χ4n) is 1.12. The first-order valence-corrected chi connectivity index (χ1v) is 6.62. The summed E-state index contributed by atoms with van der Waals surface area (Å²) in [6.07, 6.45) is 1.70. The van der Waals surface area contributed by atoms with E-state index in [4.69, 9.17) is 35.4 Å². The van der Waals surface area contributed by atoms with Crippen LogP contribution < -0.4 is 10.6 Å². The lowest BCUT2D eigenvalue weighted by atomic mass is 10.3. The van der Waals surface area contributed by atoms with Crippen LogP contribution in [0.1, 0.15) is 0 Å². The third-order valence-electron chi connectivity index (χ3n) is 1.83. The van der Waals surface area contributed by atoms with Crippen LogP contribution >= 0.6 is 46.8 Å². The lowest BCUT2D eigenvalue weighted by Crippen LogP contribution is -2.18. The average Bonchev–Trinajstić information content (AvgIpc) is 2.76. The standard InChI is InChI=1S/C10H7Cl2N3S2/c11-7-2-1-6(5-8(7)12)14-9(16)15-10-13-3-4-17-10/h1-5H,(H2,13,14,15,16). The summed E-state index contributed by atoms with van der Waals surface area (Å²) in [4.78, 5) is 4.06. The van der Waals surface area contributed by atoms with E-state index in [1.807, 2.05) is 5.38 Å². The molecule has 0 bridgehead atoms. The van der Waals surface area contributed by atoms with Gasteiger partial charge in [0.2, 0.25) is 0 Å². The number of rotatable bonds is 2. The van der Waals surface area contributed by atoms with E-state index in [1.54, 1.807) is 24.4 Å². The molecule has 0 radical (unpaired) electrons. The Morgan fingerprint density at radius 3 is 2.71 bits per heavy atom. The maximum atomic E-state index is 5.89. The minimum Gasteiger partial charge on any atom is -0.332 e. The molecule has 88 valence electrons. The van der Waals surface area contributed by atoms with E-state index in [-0.39, 0.29) is 0 Å². The van der Waals surface area contributed by atoms with Crippen molar-refractivity contribution in [2.24, 2.45) is 0 Å². The Hall–Kier alpha value is -0.880. The molecule has 0 saturated heterocycles.